The van der Waals surface area contributed by atoms with E-state index in [2.05, 4.69) is 10.2 Å². The summed E-state index contributed by atoms with van der Waals surface area (Å²) in [4.78, 5) is 21.5. The third-order valence-corrected chi connectivity index (χ3v) is 2.03. The lowest BCUT2D eigenvalue weighted by Gasteiger charge is -1.94. The molecule has 15 heavy (non-hydrogen) atoms. The Kier molecular flexibility index (Phi) is 1.89. The first-order valence-corrected chi connectivity index (χ1v) is 4.05. The molecular formula is C9H6N2O4. The van der Waals surface area contributed by atoms with E-state index in [9.17, 15) is 9.59 Å². The molecule has 2 aromatic rings. The second-order valence-electron chi connectivity index (χ2n) is 2.91. The first-order chi connectivity index (χ1) is 7.11. The lowest BCUT2D eigenvalue weighted by Crippen LogP contribution is -1.98. The molecule has 0 bridgehead atoms. The van der Waals surface area contributed by atoms with Crippen LogP contribution in [0.3, 0.4) is 0 Å². The highest BCUT2D eigenvalue weighted by atomic mass is 16.4. The summed E-state index contributed by atoms with van der Waals surface area (Å²) in [5.41, 5.74) is 0.0340. The molecule has 0 fully saturated rings. The van der Waals surface area contributed by atoms with E-state index in [0.717, 1.165) is 0 Å². The van der Waals surface area contributed by atoms with E-state index in [1.165, 1.54) is 18.2 Å². The van der Waals surface area contributed by atoms with Gasteiger partial charge in [0.05, 0.1) is 5.56 Å². The molecule has 0 aliphatic carbocycles. The first-order valence-electron chi connectivity index (χ1n) is 4.05. The van der Waals surface area contributed by atoms with Crippen molar-refractivity contribution in [3.63, 3.8) is 0 Å². The van der Waals surface area contributed by atoms with E-state index < -0.39 is 11.9 Å². The molecule has 0 aliphatic heterocycles. The maximum atomic E-state index is 10.8. The van der Waals surface area contributed by atoms with Crippen molar-refractivity contribution in [3.05, 3.63) is 29.5 Å². The van der Waals surface area contributed by atoms with Crippen molar-refractivity contribution in [2.45, 2.75) is 0 Å². The van der Waals surface area contributed by atoms with Crippen molar-refractivity contribution in [1.82, 2.24) is 10.2 Å². The van der Waals surface area contributed by atoms with E-state index >= 15 is 0 Å². The molecule has 0 spiro atoms. The third-order valence-electron chi connectivity index (χ3n) is 2.03. The van der Waals surface area contributed by atoms with Crippen molar-refractivity contribution in [2.24, 2.45) is 0 Å². The Balaban J connectivity index is 2.80. The van der Waals surface area contributed by atoms with Crippen LogP contribution in [-0.2, 0) is 0 Å². The molecule has 76 valence electrons. The van der Waals surface area contributed by atoms with Crippen LogP contribution in [0.5, 0.6) is 0 Å². The summed E-state index contributed by atoms with van der Waals surface area (Å²) >= 11 is 0. The number of para-hydroxylation sites is 1. The number of hydrogen-bond acceptors (Lipinski definition) is 3. The van der Waals surface area contributed by atoms with Gasteiger partial charge in [-0.3, -0.25) is 5.10 Å². The zero-order chi connectivity index (χ0) is 11.0. The van der Waals surface area contributed by atoms with Crippen LogP contribution in [0, 0.1) is 0 Å². The van der Waals surface area contributed by atoms with Crippen molar-refractivity contribution in [3.8, 4) is 0 Å². The minimum Gasteiger partial charge on any atom is -0.478 e. The Labute approximate surface area is 83.2 Å². The molecule has 1 aromatic heterocycles. The zero-order valence-corrected chi connectivity index (χ0v) is 7.39. The molecule has 1 heterocycles. The topological polar surface area (TPSA) is 103 Å². The van der Waals surface area contributed by atoms with Crippen molar-refractivity contribution in [2.75, 3.05) is 0 Å². The zero-order valence-electron chi connectivity index (χ0n) is 7.39. The van der Waals surface area contributed by atoms with Crippen LogP contribution in [-0.4, -0.2) is 32.3 Å². The quantitative estimate of drug-likeness (QED) is 0.678. The lowest BCUT2D eigenvalue weighted by molar-refractivity contribution is 0.0684. The number of nitrogens with one attached hydrogen (secondary N) is 1. The Hall–Kier alpha value is -2.37. The molecule has 0 saturated carbocycles. The summed E-state index contributed by atoms with van der Waals surface area (Å²) in [7, 11) is 0. The molecule has 0 amide bonds. The number of carbonyl (C=O) groups is 2. The molecule has 0 aliphatic rings. The fourth-order valence-corrected chi connectivity index (χ4v) is 1.37. The first kappa shape index (κ1) is 9.20. The van der Waals surface area contributed by atoms with E-state index in [-0.39, 0.29) is 16.8 Å². The lowest BCUT2D eigenvalue weighted by atomic mass is 10.1. The molecule has 0 radical (unpaired) electrons. The van der Waals surface area contributed by atoms with E-state index in [1.807, 2.05) is 0 Å². The van der Waals surface area contributed by atoms with Crippen LogP contribution in [0.4, 0.5) is 0 Å². The summed E-state index contributed by atoms with van der Waals surface area (Å²) < 4.78 is 0. The van der Waals surface area contributed by atoms with Gasteiger partial charge in [-0.2, -0.15) is 5.10 Å². The normalized spacial score (nSPS) is 10.4. The Morgan fingerprint density at radius 2 is 1.93 bits per heavy atom. The summed E-state index contributed by atoms with van der Waals surface area (Å²) in [6.07, 6.45) is 0. The predicted molar refractivity (Wildman–Crippen MR) is 50.0 cm³/mol. The number of aromatic carboxylic acids is 2. The highest BCUT2D eigenvalue weighted by Crippen LogP contribution is 2.19. The monoisotopic (exact) mass is 206 g/mol. The van der Waals surface area contributed by atoms with Gasteiger partial charge in [0, 0.05) is 5.39 Å². The highest BCUT2D eigenvalue weighted by Gasteiger charge is 2.16. The molecule has 0 unspecified atom stereocenters. The Morgan fingerprint density at radius 1 is 1.20 bits per heavy atom. The molecule has 2 rings (SSSR count). The molecule has 0 atom stereocenters. The average Bonchev–Trinajstić information content (AvgIpc) is 2.59. The van der Waals surface area contributed by atoms with Gasteiger partial charge in [0.2, 0.25) is 0 Å². The van der Waals surface area contributed by atoms with E-state index in [4.69, 9.17) is 10.2 Å². The van der Waals surface area contributed by atoms with Crippen LogP contribution in [0.25, 0.3) is 10.9 Å². The van der Waals surface area contributed by atoms with Crippen LogP contribution < -0.4 is 0 Å². The van der Waals surface area contributed by atoms with Gasteiger partial charge in [0.15, 0.2) is 5.69 Å². The number of rotatable bonds is 2. The minimum absolute atomic E-state index is 0.0174. The smallest absolute Gasteiger partial charge is 0.354 e. The van der Waals surface area contributed by atoms with Crippen LogP contribution in [0.2, 0.25) is 0 Å². The van der Waals surface area contributed by atoms with Crippen molar-refractivity contribution >= 4 is 22.8 Å². The van der Waals surface area contributed by atoms with Crippen molar-refractivity contribution in [1.29, 1.82) is 0 Å². The third kappa shape index (κ3) is 1.32. The molecule has 1 aromatic carbocycles. The molecule has 0 saturated heterocycles. The van der Waals surface area contributed by atoms with Gasteiger partial charge < -0.3 is 10.2 Å². The summed E-state index contributed by atoms with van der Waals surface area (Å²) in [6, 6.07) is 4.36. The molecule has 6 heteroatoms. The van der Waals surface area contributed by atoms with Gasteiger partial charge in [-0.15, -0.1) is 0 Å². The number of carboxylic acid groups (broad SMARTS) is 2. The number of H-pyrrole nitrogens is 1. The van der Waals surface area contributed by atoms with Crippen molar-refractivity contribution < 1.29 is 19.8 Å². The molecule has 6 nitrogen and oxygen atoms in total. The fraction of sp³-hybridized carbons (Fsp3) is 0. The minimum atomic E-state index is -1.17. The van der Waals surface area contributed by atoms with Crippen LogP contribution in [0.15, 0.2) is 18.2 Å². The second-order valence-corrected chi connectivity index (χ2v) is 2.91. The number of carboxylic acids is 2. The van der Waals surface area contributed by atoms with Gasteiger partial charge in [-0.05, 0) is 6.07 Å². The second kappa shape index (κ2) is 3.09. The Morgan fingerprint density at radius 3 is 2.53 bits per heavy atom. The van der Waals surface area contributed by atoms with Crippen LogP contribution in [0.1, 0.15) is 20.8 Å². The number of nitrogens with zero attached hydrogens (tertiary/aromatic N) is 1. The van der Waals surface area contributed by atoms with Gasteiger partial charge in [-0.1, -0.05) is 12.1 Å². The van der Waals surface area contributed by atoms with Gasteiger partial charge in [0.25, 0.3) is 0 Å². The molecule has 3 N–H and O–H groups in total. The van der Waals surface area contributed by atoms with Gasteiger partial charge in [0.1, 0.15) is 5.52 Å². The van der Waals surface area contributed by atoms with Gasteiger partial charge >= 0.3 is 11.9 Å². The maximum Gasteiger partial charge on any atom is 0.354 e. The highest BCUT2D eigenvalue weighted by molar-refractivity contribution is 6.08. The Bertz CT molecular complexity index is 558. The average molecular weight is 206 g/mol. The summed E-state index contributed by atoms with van der Waals surface area (Å²) in [5, 5.41) is 23.9. The predicted octanol–water partition coefficient (Wildman–Crippen LogP) is 0.959. The maximum absolute atomic E-state index is 10.8. The number of benzene rings is 1. The summed E-state index contributed by atoms with van der Waals surface area (Å²) in [6.45, 7) is 0. The number of hydrogen-bond donors (Lipinski definition) is 3. The SMILES string of the molecule is O=C(O)c1[nH]nc2c(C(=O)O)cccc12. The molecular weight excluding hydrogens is 200 g/mol. The number of aromatic amines is 1. The standard InChI is InChI=1S/C9H6N2O4/c12-8(13)5-3-1-2-4-6(5)10-11-7(4)9(14)15/h1-3H,(H,10,11)(H,12,13)(H,14,15). The number of aromatic nitrogens is 2. The van der Waals surface area contributed by atoms with Gasteiger partial charge in [-0.25, -0.2) is 9.59 Å². The van der Waals surface area contributed by atoms with E-state index in [0.29, 0.717) is 5.39 Å². The largest absolute Gasteiger partial charge is 0.478 e. The number of fused-ring (bicyclic) bond motifs is 1. The van der Waals surface area contributed by atoms with E-state index in [1.54, 1.807) is 0 Å². The summed E-state index contributed by atoms with van der Waals surface area (Å²) in [5.74, 6) is -2.30. The van der Waals surface area contributed by atoms with Crippen LogP contribution >= 0.6 is 0 Å². The fourth-order valence-electron chi connectivity index (χ4n) is 1.37.